The highest BCUT2D eigenvalue weighted by molar-refractivity contribution is 7.19. The number of allylic oxidation sites excluding steroid dienone is 4. The molecule has 0 bridgehead atoms. The molecule has 1 N–H and O–H groups in total. The molecule has 0 aliphatic heterocycles. The first-order valence-corrected chi connectivity index (χ1v) is 12.5. The molecule has 0 radical (unpaired) electrons. The highest BCUT2D eigenvalue weighted by atomic mass is 32.1. The molecule has 1 heterocycles. The van der Waals surface area contributed by atoms with Crippen LogP contribution < -0.4 is 4.90 Å². The fraction of sp³-hybridized carbons (Fsp3) is 0.286. The van der Waals surface area contributed by atoms with Crippen LogP contribution in [0.4, 0.5) is 5.13 Å². The Bertz CT molecular complexity index is 1170. The number of rotatable bonds is 7. The van der Waals surface area contributed by atoms with Gasteiger partial charge in [-0.25, -0.2) is 9.78 Å². The molecule has 4 nitrogen and oxygen atoms in total. The lowest BCUT2D eigenvalue weighted by Gasteiger charge is -2.28. The summed E-state index contributed by atoms with van der Waals surface area (Å²) in [6, 6.07) is 18.3. The lowest BCUT2D eigenvalue weighted by atomic mass is 10.0. The van der Waals surface area contributed by atoms with Crippen LogP contribution in [-0.2, 0) is 6.54 Å². The average Bonchev–Trinajstić information content (AvgIpc) is 3.55. The Labute approximate surface area is 198 Å². The number of thiazole rings is 1. The van der Waals surface area contributed by atoms with Gasteiger partial charge in [-0.15, -0.1) is 0 Å². The van der Waals surface area contributed by atoms with E-state index in [1.807, 2.05) is 12.1 Å². The monoisotopic (exact) mass is 456 g/mol. The average molecular weight is 457 g/mol. The Morgan fingerprint density at radius 3 is 2.45 bits per heavy atom. The number of hydrogen-bond donors (Lipinski definition) is 1. The molecule has 5 rings (SSSR count). The summed E-state index contributed by atoms with van der Waals surface area (Å²) in [4.78, 5) is 20.2. The minimum Gasteiger partial charge on any atom is -0.478 e. The van der Waals surface area contributed by atoms with Crippen LogP contribution >= 0.6 is 11.3 Å². The van der Waals surface area contributed by atoms with Crippen LogP contribution in [0, 0.1) is 0 Å². The lowest BCUT2D eigenvalue weighted by molar-refractivity contribution is 0.0697. The van der Waals surface area contributed by atoms with E-state index < -0.39 is 5.97 Å². The molecule has 33 heavy (non-hydrogen) atoms. The van der Waals surface area contributed by atoms with E-state index in [2.05, 4.69) is 53.5 Å². The van der Waals surface area contributed by atoms with Crippen molar-refractivity contribution in [2.75, 3.05) is 4.90 Å². The van der Waals surface area contributed by atoms with Crippen LogP contribution in [0.15, 0.2) is 72.8 Å². The zero-order chi connectivity index (χ0) is 22.6. The number of carbonyl (C=O) groups is 1. The number of benzene rings is 2. The number of carboxylic acid groups (broad SMARTS) is 1. The molecule has 0 spiro atoms. The van der Waals surface area contributed by atoms with Gasteiger partial charge in [0, 0.05) is 12.6 Å². The molecule has 2 aliphatic carbocycles. The van der Waals surface area contributed by atoms with Gasteiger partial charge in [-0.2, -0.15) is 0 Å². The first-order valence-electron chi connectivity index (χ1n) is 11.7. The van der Waals surface area contributed by atoms with E-state index in [0.717, 1.165) is 35.8 Å². The molecule has 3 aromatic rings. The standard InChI is InChI=1S/C28H28N2O2S/c31-27(32)23-17-15-20(16-18-23)19-30(24-13-7-8-14-24)28-29-25(21-9-3-1-4-10-21)26(33-28)22-11-5-2-6-12-22/h2-3,5-6,9-12,15-18,24H,1,4,7-8,13-14,19H2,(H,31,32). The van der Waals surface area contributed by atoms with Crippen LogP contribution in [0.2, 0.25) is 0 Å². The smallest absolute Gasteiger partial charge is 0.335 e. The molecule has 0 amide bonds. The maximum Gasteiger partial charge on any atom is 0.335 e. The Morgan fingerprint density at radius 1 is 1.03 bits per heavy atom. The van der Waals surface area contributed by atoms with Gasteiger partial charge >= 0.3 is 5.97 Å². The van der Waals surface area contributed by atoms with E-state index in [1.54, 1.807) is 23.5 Å². The lowest BCUT2D eigenvalue weighted by Crippen LogP contribution is -2.32. The maximum absolute atomic E-state index is 11.3. The van der Waals surface area contributed by atoms with E-state index in [0.29, 0.717) is 11.6 Å². The number of aromatic carboxylic acids is 1. The minimum atomic E-state index is -0.889. The third-order valence-electron chi connectivity index (χ3n) is 6.49. The summed E-state index contributed by atoms with van der Waals surface area (Å²) in [5.41, 5.74) is 4.92. The van der Waals surface area contributed by atoms with Gasteiger partial charge in [0.2, 0.25) is 0 Å². The molecule has 2 aliphatic rings. The third-order valence-corrected chi connectivity index (χ3v) is 7.63. The third kappa shape index (κ3) is 4.79. The van der Waals surface area contributed by atoms with Gasteiger partial charge in [-0.1, -0.05) is 84.9 Å². The fourth-order valence-electron chi connectivity index (χ4n) is 4.72. The van der Waals surface area contributed by atoms with Gasteiger partial charge in [-0.05, 0) is 54.5 Å². The number of hydrogen-bond acceptors (Lipinski definition) is 4. The van der Waals surface area contributed by atoms with Crippen LogP contribution in [0.5, 0.6) is 0 Å². The molecule has 0 atom stereocenters. The normalized spacial score (nSPS) is 16.1. The second kappa shape index (κ2) is 9.75. The van der Waals surface area contributed by atoms with Crippen molar-refractivity contribution in [3.8, 4) is 10.4 Å². The quantitative estimate of drug-likeness (QED) is 0.409. The van der Waals surface area contributed by atoms with Crippen molar-refractivity contribution in [2.45, 2.75) is 51.1 Å². The Kier molecular flexibility index (Phi) is 6.40. The predicted molar refractivity (Wildman–Crippen MR) is 136 cm³/mol. The summed E-state index contributed by atoms with van der Waals surface area (Å²) in [5, 5.41) is 10.3. The Balaban J connectivity index is 1.54. The summed E-state index contributed by atoms with van der Waals surface area (Å²) < 4.78 is 0. The maximum atomic E-state index is 11.3. The van der Waals surface area contributed by atoms with Gasteiger partial charge in [0.25, 0.3) is 0 Å². The molecule has 1 saturated carbocycles. The van der Waals surface area contributed by atoms with Gasteiger partial charge in [0.1, 0.15) is 0 Å². The van der Waals surface area contributed by atoms with Crippen molar-refractivity contribution in [2.24, 2.45) is 0 Å². The molecule has 2 aromatic carbocycles. The van der Waals surface area contributed by atoms with Crippen molar-refractivity contribution in [1.82, 2.24) is 4.98 Å². The van der Waals surface area contributed by atoms with Crippen molar-refractivity contribution >= 4 is 28.0 Å². The molecule has 1 fully saturated rings. The highest BCUT2D eigenvalue weighted by Crippen LogP contribution is 2.41. The van der Waals surface area contributed by atoms with Crippen LogP contribution in [0.3, 0.4) is 0 Å². The van der Waals surface area contributed by atoms with Crippen molar-refractivity contribution in [3.05, 3.63) is 89.6 Å². The van der Waals surface area contributed by atoms with E-state index >= 15 is 0 Å². The summed E-state index contributed by atoms with van der Waals surface area (Å²) in [5.74, 6) is -0.889. The molecule has 168 valence electrons. The number of nitrogens with zero attached hydrogens (tertiary/aromatic N) is 2. The molecule has 0 unspecified atom stereocenters. The van der Waals surface area contributed by atoms with Crippen LogP contribution in [0.1, 0.15) is 60.1 Å². The van der Waals surface area contributed by atoms with Gasteiger partial charge in [0.05, 0.1) is 16.1 Å². The second-order valence-corrected chi connectivity index (χ2v) is 9.73. The predicted octanol–water partition coefficient (Wildman–Crippen LogP) is 7.19. The first-order chi connectivity index (χ1) is 16.2. The number of anilines is 1. The largest absolute Gasteiger partial charge is 0.478 e. The zero-order valence-corrected chi connectivity index (χ0v) is 19.4. The molecular weight excluding hydrogens is 428 g/mol. The molecule has 0 saturated heterocycles. The van der Waals surface area contributed by atoms with Crippen LogP contribution in [-0.4, -0.2) is 22.1 Å². The van der Waals surface area contributed by atoms with Crippen molar-refractivity contribution in [3.63, 3.8) is 0 Å². The number of carboxylic acids is 1. The zero-order valence-electron chi connectivity index (χ0n) is 18.6. The van der Waals surface area contributed by atoms with Gasteiger partial charge in [0.15, 0.2) is 5.13 Å². The Morgan fingerprint density at radius 2 is 1.79 bits per heavy atom. The second-order valence-electron chi connectivity index (χ2n) is 8.75. The van der Waals surface area contributed by atoms with E-state index in [4.69, 9.17) is 4.98 Å². The number of aromatic nitrogens is 1. The van der Waals surface area contributed by atoms with Crippen LogP contribution in [0.25, 0.3) is 16.0 Å². The van der Waals surface area contributed by atoms with Crippen molar-refractivity contribution < 1.29 is 9.90 Å². The summed E-state index contributed by atoms with van der Waals surface area (Å²) in [6.45, 7) is 0.737. The fourth-order valence-corrected chi connectivity index (χ4v) is 5.88. The highest BCUT2D eigenvalue weighted by Gasteiger charge is 2.27. The minimum absolute atomic E-state index is 0.324. The summed E-state index contributed by atoms with van der Waals surface area (Å²) in [6.07, 6.45) is 13.7. The molecule has 1 aromatic heterocycles. The van der Waals surface area contributed by atoms with Crippen molar-refractivity contribution in [1.29, 1.82) is 0 Å². The first kappa shape index (κ1) is 21.7. The summed E-state index contributed by atoms with van der Waals surface area (Å²) >= 11 is 1.77. The van der Waals surface area contributed by atoms with E-state index in [-0.39, 0.29) is 0 Å². The summed E-state index contributed by atoms with van der Waals surface area (Å²) in [7, 11) is 0. The topological polar surface area (TPSA) is 53.4 Å². The van der Waals surface area contributed by atoms with E-state index in [1.165, 1.54) is 41.7 Å². The molecular formula is C28H28N2O2S. The van der Waals surface area contributed by atoms with Gasteiger partial charge in [-0.3, -0.25) is 0 Å². The Hall–Kier alpha value is -3.18. The SMILES string of the molecule is O=C(O)c1ccc(CN(c2nc(C3=CCCC=C3)c(-c3ccccc3)s2)C2CCCC2)cc1. The van der Waals surface area contributed by atoms with Gasteiger partial charge < -0.3 is 10.0 Å². The molecule has 5 heteroatoms. The van der Waals surface area contributed by atoms with E-state index in [9.17, 15) is 9.90 Å².